The van der Waals surface area contributed by atoms with E-state index < -0.39 is 47.7 Å². The van der Waals surface area contributed by atoms with Crippen LogP contribution in [0.15, 0.2) is 250 Å². The van der Waals surface area contributed by atoms with Crippen LogP contribution in [-0.2, 0) is 20.2 Å². The minimum absolute atomic E-state index is 0. The third kappa shape index (κ3) is 12.3. The number of hydrogen-bond acceptors (Lipinski definition) is 16. The van der Waals surface area contributed by atoms with Gasteiger partial charge in [0.25, 0.3) is 0 Å². The van der Waals surface area contributed by atoms with E-state index >= 15 is 0 Å². The van der Waals surface area contributed by atoms with Gasteiger partial charge in [0.05, 0.1) is 15.5 Å². The number of aliphatic imine (C=N–C) groups is 2. The van der Waals surface area contributed by atoms with Gasteiger partial charge < -0.3 is 38.7 Å². The van der Waals surface area contributed by atoms with Gasteiger partial charge in [-0.1, -0.05) is 176 Å². The van der Waals surface area contributed by atoms with Gasteiger partial charge in [0, 0.05) is 51.8 Å². The number of nitrogens with one attached hydrogen (secondary N) is 4. The Hall–Kier alpha value is -7.98. The molecule has 0 saturated heterocycles. The molecule has 2 heterocycles. The van der Waals surface area contributed by atoms with Gasteiger partial charge in [-0.25, -0.2) is 26.8 Å². The molecule has 0 spiro atoms. The maximum atomic E-state index is 13.4. The topological polar surface area (TPSA) is 224 Å². The van der Waals surface area contributed by atoms with Crippen molar-refractivity contribution >= 4 is 99.3 Å². The molecule has 2 atom stereocenters. The summed E-state index contributed by atoms with van der Waals surface area (Å²) in [5.41, 5.74) is -0.0101. The normalized spacial score (nSPS) is 16.7. The van der Waals surface area contributed by atoms with E-state index in [0.717, 1.165) is 43.8 Å². The molecule has 0 aliphatic carbocycles. The summed E-state index contributed by atoms with van der Waals surface area (Å²) in [5.74, 6) is -1.69. The van der Waals surface area contributed by atoms with E-state index in [9.17, 15) is 25.9 Å². The van der Waals surface area contributed by atoms with Crippen LogP contribution in [0.25, 0.3) is 55.2 Å². The minimum Gasteiger partial charge on any atom is -0.744 e. The van der Waals surface area contributed by atoms with Crippen molar-refractivity contribution in [2.75, 3.05) is 10.6 Å². The van der Waals surface area contributed by atoms with Crippen LogP contribution in [0.1, 0.15) is 11.1 Å². The van der Waals surface area contributed by atoms with Crippen molar-refractivity contribution in [1.82, 2.24) is 10.6 Å². The molecular formula is C62H44N6Na2O10S2. The Labute approximate surface area is 516 Å². The van der Waals surface area contributed by atoms with Crippen LogP contribution in [-0.4, -0.2) is 50.3 Å². The number of benzene rings is 10. The largest absolute Gasteiger partial charge is 1.00 e. The van der Waals surface area contributed by atoms with Crippen LogP contribution in [0.4, 0.5) is 11.4 Å². The molecule has 82 heavy (non-hydrogen) atoms. The molecule has 0 aromatic heterocycles. The van der Waals surface area contributed by atoms with Crippen molar-refractivity contribution in [3.8, 4) is 23.0 Å². The standard InChI is InChI=1S/C62H46N6O10S2.2Na/c69-79(70,71)59-46(32-29-41-30-34-47(35-31-41)65-61(77-55-27-11-19-44-15-3-7-23-50(44)55)63-39-37-57(67-61)75-53-25-9-17-42-13-1-5-21-48(42)53)33-36-52(60(59)80(72,73)74)66-62(78-56-28-12-20-45-16-4-8-24-51(45)56)64-40-38-58(68-62)76-54-26-10-18-43-14-2-6-22-49(43)54;;/h1-40,65-68H,(H,69,70,71)(H,72,73,74);;/q;2*+1/p-2. The van der Waals surface area contributed by atoms with E-state index in [4.69, 9.17) is 23.9 Å². The zero-order valence-corrected chi connectivity index (χ0v) is 49.5. The Bertz CT molecular complexity index is 4470. The molecule has 2 unspecified atom stereocenters. The number of fused-ring (bicyclic) bond motifs is 4. The molecule has 10 aromatic carbocycles. The van der Waals surface area contributed by atoms with Gasteiger partial charge in [0.15, 0.2) is 0 Å². The molecule has 0 fully saturated rings. The van der Waals surface area contributed by atoms with Gasteiger partial charge in [-0.15, -0.1) is 0 Å². The molecule has 0 amide bonds. The second kappa shape index (κ2) is 23.8. The number of nitrogens with zero attached hydrogens (tertiary/aromatic N) is 2. The Morgan fingerprint density at radius 1 is 0.427 bits per heavy atom. The first-order chi connectivity index (χ1) is 38.8. The van der Waals surface area contributed by atoms with Gasteiger partial charge in [-0.3, -0.25) is 10.6 Å². The molecule has 0 radical (unpaired) electrons. The monoisotopic (exact) mass is 1140 g/mol. The van der Waals surface area contributed by atoms with Crippen molar-refractivity contribution in [3.63, 3.8) is 0 Å². The average molecular weight is 1140 g/mol. The quantitative estimate of drug-likeness (QED) is 0.0396. The molecule has 20 heteroatoms. The van der Waals surface area contributed by atoms with E-state index in [2.05, 4.69) is 26.3 Å². The van der Waals surface area contributed by atoms with Crippen LogP contribution < -0.4 is 99.3 Å². The predicted molar refractivity (Wildman–Crippen MR) is 308 cm³/mol. The van der Waals surface area contributed by atoms with E-state index in [-0.39, 0.29) is 76.3 Å². The third-order valence-electron chi connectivity index (χ3n) is 13.1. The van der Waals surface area contributed by atoms with Gasteiger partial charge in [-0.2, -0.15) is 0 Å². The number of anilines is 2. The van der Waals surface area contributed by atoms with E-state index in [1.54, 1.807) is 66.9 Å². The molecule has 2 aliphatic heterocycles. The SMILES string of the molecule is O=S(=O)([O-])c1c(C=Cc2ccc(NC3(Oc4cccc5ccccc45)N=CC=C(Oc4cccc5ccccc45)N3)cc2)ccc(NC2(Oc3cccc4ccccc34)N=CC=C(Oc3cccc4ccccc34)N2)c1S(=O)(=O)[O-].[Na+].[Na+]. The van der Waals surface area contributed by atoms with Gasteiger partial charge in [0.2, 0.25) is 11.8 Å². The van der Waals surface area contributed by atoms with Crippen LogP contribution in [0.2, 0.25) is 0 Å². The summed E-state index contributed by atoms with van der Waals surface area (Å²) in [6.45, 7) is 0. The predicted octanol–water partition coefficient (Wildman–Crippen LogP) is 5.68. The molecule has 2 aliphatic rings. The number of rotatable bonds is 16. The fraction of sp³-hybridized carbons (Fsp3) is 0.0323. The molecule has 0 saturated carbocycles. The van der Waals surface area contributed by atoms with Gasteiger partial charge >= 0.3 is 71.1 Å². The number of ether oxygens (including phenoxy) is 4. The summed E-state index contributed by atoms with van der Waals surface area (Å²) in [4.78, 5) is 6.64. The Morgan fingerprint density at radius 2 is 0.817 bits per heavy atom. The molecule has 396 valence electrons. The summed E-state index contributed by atoms with van der Waals surface area (Å²) in [7, 11) is -11.5. The van der Waals surface area contributed by atoms with Crippen molar-refractivity contribution in [1.29, 1.82) is 0 Å². The third-order valence-corrected chi connectivity index (χ3v) is 15.1. The van der Waals surface area contributed by atoms with Crippen LogP contribution >= 0.6 is 0 Å². The van der Waals surface area contributed by atoms with E-state index in [1.807, 2.05) is 140 Å². The first kappa shape index (κ1) is 57.3. The van der Waals surface area contributed by atoms with Crippen molar-refractivity contribution < 1.29 is 104 Å². The summed E-state index contributed by atoms with van der Waals surface area (Å²) in [5, 5.41) is 19.3. The average Bonchev–Trinajstić information content (AvgIpc) is 3.45. The number of allylic oxidation sites excluding steroid dienone is 2. The molecule has 10 aromatic rings. The maximum Gasteiger partial charge on any atom is 1.00 e. The molecule has 0 bridgehead atoms. The fourth-order valence-corrected chi connectivity index (χ4v) is 11.7. The second-order valence-corrected chi connectivity index (χ2v) is 21.1. The van der Waals surface area contributed by atoms with Crippen LogP contribution in [0.5, 0.6) is 23.0 Å². The van der Waals surface area contributed by atoms with Crippen molar-refractivity contribution in [2.24, 2.45) is 9.98 Å². The Morgan fingerprint density at radius 3 is 1.26 bits per heavy atom. The summed E-state index contributed by atoms with van der Waals surface area (Å²) in [6.07, 6.45) is 8.76. The zero-order chi connectivity index (χ0) is 54.9. The first-order valence-electron chi connectivity index (χ1n) is 24.9. The van der Waals surface area contributed by atoms with Crippen molar-refractivity contribution in [2.45, 2.75) is 21.7 Å². The zero-order valence-electron chi connectivity index (χ0n) is 43.9. The first-order valence-corrected chi connectivity index (χ1v) is 27.7. The second-order valence-electron chi connectivity index (χ2n) is 18.4. The molecule has 12 rings (SSSR count). The molecular weight excluding hydrogens is 1100 g/mol. The van der Waals surface area contributed by atoms with Gasteiger partial charge in [-0.05, 0) is 75.1 Å². The summed E-state index contributed by atoms with van der Waals surface area (Å²) >= 11 is 0. The van der Waals surface area contributed by atoms with E-state index in [0.29, 0.717) is 39.8 Å². The van der Waals surface area contributed by atoms with Crippen LogP contribution in [0, 0.1) is 0 Å². The molecule has 4 N–H and O–H groups in total. The Kier molecular flexibility index (Phi) is 16.7. The number of hydrogen-bond donors (Lipinski definition) is 4. The van der Waals surface area contributed by atoms with Gasteiger partial charge in [0.1, 0.15) is 43.2 Å². The van der Waals surface area contributed by atoms with Crippen molar-refractivity contribution in [3.05, 3.63) is 241 Å². The van der Waals surface area contributed by atoms with E-state index in [1.165, 1.54) is 30.5 Å². The smallest absolute Gasteiger partial charge is 0.744 e. The fourth-order valence-electron chi connectivity index (χ4n) is 9.55. The van der Waals surface area contributed by atoms with Crippen LogP contribution in [0.3, 0.4) is 0 Å². The Balaban J connectivity index is 0.00000376. The maximum absolute atomic E-state index is 13.4. The minimum atomic E-state index is -5.77. The summed E-state index contributed by atoms with van der Waals surface area (Å²) in [6, 6.07) is 61.8. The summed E-state index contributed by atoms with van der Waals surface area (Å²) < 4.78 is 106. The molecule has 16 nitrogen and oxygen atoms in total.